The fraction of sp³-hybridized carbons (Fsp3) is 0.143. The number of nitrogens with one attached hydrogen (secondary N) is 3. The van der Waals surface area contributed by atoms with Crippen molar-refractivity contribution in [2.75, 3.05) is 31.8 Å². The molecule has 35 heavy (non-hydrogen) atoms. The second-order valence-electron chi connectivity index (χ2n) is 8.80. The van der Waals surface area contributed by atoms with Gasteiger partial charge in [0.05, 0.1) is 29.6 Å². The number of carbonyl (C=O) groups is 2. The topological polar surface area (TPSA) is 86.5 Å². The second-order valence-corrected chi connectivity index (χ2v) is 8.80. The number of carbonyl (C=O) groups excluding carboxylic acids is 2. The number of aromatic nitrogens is 1. The van der Waals surface area contributed by atoms with E-state index in [0.29, 0.717) is 22.5 Å². The van der Waals surface area contributed by atoms with E-state index in [2.05, 4.69) is 38.7 Å². The van der Waals surface area contributed by atoms with Crippen molar-refractivity contribution in [1.29, 1.82) is 0 Å². The number of nitrogens with zero attached hydrogens (tertiary/aromatic N) is 1. The number of hydrogen-bond donors (Lipinski definition) is 3. The Morgan fingerprint density at radius 1 is 0.971 bits per heavy atom. The van der Waals surface area contributed by atoms with Gasteiger partial charge in [-0.3, -0.25) is 4.79 Å². The Kier molecular flexibility index (Phi) is 5.84. The summed E-state index contributed by atoms with van der Waals surface area (Å²) in [5.74, 6) is -0.684. The van der Waals surface area contributed by atoms with E-state index in [4.69, 9.17) is 4.74 Å². The molecule has 0 atom stereocenters. The summed E-state index contributed by atoms with van der Waals surface area (Å²) in [5.41, 5.74) is 6.86. The van der Waals surface area contributed by atoms with E-state index < -0.39 is 5.97 Å². The van der Waals surface area contributed by atoms with Gasteiger partial charge in [-0.25, -0.2) is 4.79 Å². The van der Waals surface area contributed by atoms with Crippen LogP contribution in [-0.2, 0) is 16.1 Å². The summed E-state index contributed by atoms with van der Waals surface area (Å²) in [6.07, 6.45) is 1.89. The quantitative estimate of drug-likeness (QED) is 0.277. The molecular weight excluding hydrogens is 440 g/mol. The summed E-state index contributed by atoms with van der Waals surface area (Å²) in [6.45, 7) is 0.844. The van der Waals surface area contributed by atoms with E-state index in [1.165, 1.54) is 12.7 Å². The van der Waals surface area contributed by atoms with E-state index in [1.807, 2.05) is 50.6 Å². The lowest BCUT2D eigenvalue weighted by atomic mass is 9.98. The third-order valence-corrected chi connectivity index (χ3v) is 6.00. The molecule has 7 nitrogen and oxygen atoms in total. The van der Waals surface area contributed by atoms with Gasteiger partial charge in [-0.1, -0.05) is 24.3 Å². The molecule has 1 aromatic heterocycles. The first-order valence-electron chi connectivity index (χ1n) is 11.3. The first-order valence-corrected chi connectivity index (χ1v) is 11.3. The van der Waals surface area contributed by atoms with E-state index >= 15 is 0 Å². The largest absolute Gasteiger partial charge is 0.465 e. The van der Waals surface area contributed by atoms with Crippen LogP contribution in [0.5, 0.6) is 0 Å². The number of esters is 1. The van der Waals surface area contributed by atoms with E-state index in [-0.39, 0.29) is 5.91 Å². The van der Waals surface area contributed by atoms with E-state index in [1.54, 1.807) is 18.2 Å². The molecule has 0 unspecified atom stereocenters. The molecule has 0 bridgehead atoms. The van der Waals surface area contributed by atoms with Crippen molar-refractivity contribution in [2.45, 2.75) is 6.54 Å². The Morgan fingerprint density at radius 3 is 2.49 bits per heavy atom. The molecule has 7 heteroatoms. The Labute approximate surface area is 203 Å². The van der Waals surface area contributed by atoms with Crippen molar-refractivity contribution in [1.82, 2.24) is 9.88 Å². The molecule has 4 aromatic rings. The molecule has 0 spiro atoms. The lowest BCUT2D eigenvalue weighted by molar-refractivity contribution is -0.110. The maximum absolute atomic E-state index is 13.2. The molecule has 2 heterocycles. The average Bonchev–Trinajstić information content (AvgIpc) is 3.45. The van der Waals surface area contributed by atoms with Gasteiger partial charge in [0.1, 0.15) is 0 Å². The molecule has 0 aliphatic carbocycles. The van der Waals surface area contributed by atoms with Crippen LogP contribution < -0.4 is 10.6 Å². The number of benzene rings is 3. The van der Waals surface area contributed by atoms with Gasteiger partial charge in [0.2, 0.25) is 0 Å². The summed E-state index contributed by atoms with van der Waals surface area (Å²) >= 11 is 0. The number of hydrogen-bond acceptors (Lipinski definition) is 5. The fourth-order valence-electron chi connectivity index (χ4n) is 4.36. The zero-order valence-corrected chi connectivity index (χ0v) is 19.8. The van der Waals surface area contributed by atoms with Gasteiger partial charge in [-0.15, -0.1) is 0 Å². The van der Waals surface area contributed by atoms with Gasteiger partial charge in [-0.05, 0) is 67.7 Å². The Morgan fingerprint density at radius 2 is 1.74 bits per heavy atom. The van der Waals surface area contributed by atoms with Gasteiger partial charge < -0.3 is 25.3 Å². The third-order valence-electron chi connectivity index (χ3n) is 6.00. The lowest BCUT2D eigenvalue weighted by Gasteiger charge is -2.16. The maximum atomic E-state index is 13.2. The van der Waals surface area contributed by atoms with Crippen molar-refractivity contribution in [3.8, 4) is 0 Å². The number of anilines is 2. The zero-order chi connectivity index (χ0) is 24.5. The van der Waals surface area contributed by atoms with Crippen LogP contribution in [0.1, 0.15) is 27.0 Å². The molecule has 5 rings (SSSR count). The summed E-state index contributed by atoms with van der Waals surface area (Å²) in [7, 11) is 5.41. The molecule has 3 N–H and O–H groups in total. The van der Waals surface area contributed by atoms with E-state index in [0.717, 1.165) is 34.3 Å². The molecule has 0 saturated carbocycles. The Balaban J connectivity index is 1.62. The Bertz CT molecular complexity index is 1470. The highest BCUT2D eigenvalue weighted by atomic mass is 16.5. The predicted molar refractivity (Wildman–Crippen MR) is 139 cm³/mol. The van der Waals surface area contributed by atoms with Gasteiger partial charge >= 0.3 is 5.97 Å². The fourth-order valence-corrected chi connectivity index (χ4v) is 4.36. The summed E-state index contributed by atoms with van der Waals surface area (Å²) in [5, 5.41) is 7.45. The van der Waals surface area contributed by atoms with Gasteiger partial charge in [0.25, 0.3) is 5.91 Å². The molecule has 0 fully saturated rings. The van der Waals surface area contributed by atoms with Crippen molar-refractivity contribution >= 4 is 45.4 Å². The summed E-state index contributed by atoms with van der Waals surface area (Å²) in [4.78, 5) is 30.6. The number of H-pyrrole nitrogens is 1. The zero-order valence-electron chi connectivity index (χ0n) is 19.8. The highest BCUT2D eigenvalue weighted by molar-refractivity contribution is 6.37. The van der Waals surface area contributed by atoms with Crippen LogP contribution in [-0.4, -0.2) is 43.0 Å². The standard InChI is InChI=1S/C28H26N4O3/c1-32(2)16-17-4-8-21(9-5-17)30-26(19-7-11-23-18(14-19)12-13-29-23)25-22-10-6-20(28(34)35-3)15-24(22)31-27(25)33/h4-15,29-30H,16H2,1-3H3,(H,31,33)/b26-25-. The smallest absolute Gasteiger partial charge is 0.337 e. The van der Waals surface area contributed by atoms with Crippen molar-refractivity contribution < 1.29 is 14.3 Å². The Hall–Kier alpha value is -4.36. The number of methoxy groups -OCH3 is 1. The number of amides is 1. The lowest BCUT2D eigenvalue weighted by Crippen LogP contribution is -2.11. The molecule has 0 radical (unpaired) electrons. The van der Waals surface area contributed by atoms with Crippen LogP contribution in [0.3, 0.4) is 0 Å². The van der Waals surface area contributed by atoms with Crippen molar-refractivity contribution in [3.63, 3.8) is 0 Å². The monoisotopic (exact) mass is 466 g/mol. The summed E-state index contributed by atoms with van der Waals surface area (Å²) < 4.78 is 4.83. The maximum Gasteiger partial charge on any atom is 0.337 e. The third kappa shape index (κ3) is 4.41. The first-order chi connectivity index (χ1) is 16.9. The number of rotatable bonds is 6. The normalized spacial score (nSPS) is 14.1. The van der Waals surface area contributed by atoms with Gasteiger partial charge in [0.15, 0.2) is 0 Å². The van der Waals surface area contributed by atoms with Crippen LogP contribution in [0, 0.1) is 0 Å². The minimum atomic E-state index is -0.450. The van der Waals surface area contributed by atoms with Crippen molar-refractivity contribution in [2.24, 2.45) is 0 Å². The van der Waals surface area contributed by atoms with Crippen LogP contribution >= 0.6 is 0 Å². The van der Waals surface area contributed by atoms with Crippen LogP contribution in [0.15, 0.2) is 72.9 Å². The number of aromatic amines is 1. The van der Waals surface area contributed by atoms with Crippen LogP contribution in [0.4, 0.5) is 11.4 Å². The molecule has 1 amide bonds. The molecule has 1 aliphatic rings. The van der Waals surface area contributed by atoms with E-state index in [9.17, 15) is 9.59 Å². The summed E-state index contributed by atoms with van der Waals surface area (Å²) in [6, 6.07) is 21.3. The van der Waals surface area contributed by atoms with Crippen LogP contribution in [0.25, 0.3) is 22.2 Å². The highest BCUT2D eigenvalue weighted by Crippen LogP contribution is 2.38. The van der Waals surface area contributed by atoms with Gasteiger partial charge in [-0.2, -0.15) is 0 Å². The molecular formula is C28H26N4O3. The minimum absolute atomic E-state index is 0.233. The highest BCUT2D eigenvalue weighted by Gasteiger charge is 2.29. The average molecular weight is 467 g/mol. The van der Waals surface area contributed by atoms with Gasteiger partial charge in [0, 0.05) is 34.9 Å². The molecule has 3 aromatic carbocycles. The van der Waals surface area contributed by atoms with Crippen molar-refractivity contribution in [3.05, 3.63) is 95.2 Å². The predicted octanol–water partition coefficient (Wildman–Crippen LogP) is 4.95. The molecule has 1 aliphatic heterocycles. The molecule has 0 saturated heterocycles. The number of ether oxygens (including phenoxy) is 1. The second kappa shape index (κ2) is 9.12. The van der Waals surface area contributed by atoms with Crippen LogP contribution in [0.2, 0.25) is 0 Å². The SMILES string of the molecule is COC(=O)c1ccc2c(c1)NC(=O)/C2=C(\Nc1ccc(CN(C)C)cc1)c1ccc2[nH]ccc2c1. The minimum Gasteiger partial charge on any atom is -0.465 e. The molecule has 176 valence electrons. The number of fused-ring (bicyclic) bond motifs is 2. The first kappa shape index (κ1) is 22.4.